The fourth-order valence-electron chi connectivity index (χ4n) is 3.30. The molecule has 76 valence electrons. The molecule has 13 heavy (non-hydrogen) atoms. The van der Waals surface area contributed by atoms with Gasteiger partial charge in [0.05, 0.1) is 26.2 Å². The van der Waals surface area contributed by atoms with Crippen molar-refractivity contribution in [3.63, 3.8) is 0 Å². The molecule has 2 aliphatic rings. The number of rotatable bonds is 1. The highest BCUT2D eigenvalue weighted by Crippen LogP contribution is 2.30. The van der Waals surface area contributed by atoms with Crippen LogP contribution in [0.2, 0.25) is 0 Å². The van der Waals surface area contributed by atoms with Crippen molar-refractivity contribution in [2.45, 2.75) is 57.4 Å². The van der Waals surface area contributed by atoms with Crippen molar-refractivity contribution >= 4 is 0 Å². The summed E-state index contributed by atoms with van der Waals surface area (Å²) in [6, 6.07) is 1.02. The molecule has 0 unspecified atom stereocenters. The highest BCUT2D eigenvalue weighted by atomic mass is 15.4. The molecule has 0 amide bonds. The van der Waals surface area contributed by atoms with Crippen molar-refractivity contribution < 1.29 is 4.48 Å². The second-order valence-corrected chi connectivity index (χ2v) is 5.28. The van der Waals surface area contributed by atoms with E-state index in [-0.39, 0.29) is 0 Å². The van der Waals surface area contributed by atoms with Crippen LogP contribution in [0.3, 0.4) is 0 Å². The third-order valence-corrected chi connectivity index (χ3v) is 4.29. The van der Waals surface area contributed by atoms with E-state index >= 15 is 0 Å². The van der Waals surface area contributed by atoms with Crippen LogP contribution in [-0.2, 0) is 0 Å². The van der Waals surface area contributed by atoms with Gasteiger partial charge in [0.2, 0.25) is 0 Å². The molecule has 1 heterocycles. The normalized spacial score (nSPS) is 30.2. The standard InChI is InChI=1S/C12H24N/c1-13(10-6-7-11-13)12-8-4-2-3-5-9-12/h12H,2-11H2,1H3/q+1. The molecule has 0 spiro atoms. The van der Waals surface area contributed by atoms with Crippen LogP contribution >= 0.6 is 0 Å². The minimum absolute atomic E-state index is 1.02. The fraction of sp³-hybridized carbons (Fsp3) is 1.00. The SMILES string of the molecule is C[N+]1(C2CCCCCC2)CCCC1. The summed E-state index contributed by atoms with van der Waals surface area (Å²) in [6.07, 6.45) is 12.0. The summed E-state index contributed by atoms with van der Waals surface area (Å²) < 4.78 is 1.42. The zero-order valence-electron chi connectivity index (χ0n) is 9.10. The third-order valence-electron chi connectivity index (χ3n) is 4.29. The van der Waals surface area contributed by atoms with Gasteiger partial charge in [-0.3, -0.25) is 0 Å². The maximum atomic E-state index is 2.50. The van der Waals surface area contributed by atoms with Crippen molar-refractivity contribution in [2.75, 3.05) is 20.1 Å². The van der Waals surface area contributed by atoms with Gasteiger partial charge in [0, 0.05) is 12.8 Å². The monoisotopic (exact) mass is 182 g/mol. The van der Waals surface area contributed by atoms with E-state index in [2.05, 4.69) is 7.05 Å². The maximum Gasteiger partial charge on any atom is 0.0888 e. The van der Waals surface area contributed by atoms with Crippen LogP contribution in [0.4, 0.5) is 0 Å². The lowest BCUT2D eigenvalue weighted by molar-refractivity contribution is -0.922. The Bertz CT molecular complexity index is 151. The lowest BCUT2D eigenvalue weighted by atomic mass is 10.1. The average Bonchev–Trinajstić information content (AvgIpc) is 2.44. The first-order valence-corrected chi connectivity index (χ1v) is 6.15. The van der Waals surface area contributed by atoms with E-state index in [0.717, 1.165) is 6.04 Å². The van der Waals surface area contributed by atoms with Gasteiger partial charge in [0.15, 0.2) is 0 Å². The third kappa shape index (κ3) is 2.07. The molecule has 0 aromatic carbocycles. The van der Waals surface area contributed by atoms with Crippen molar-refractivity contribution in [2.24, 2.45) is 0 Å². The molecule has 2 fully saturated rings. The lowest BCUT2D eigenvalue weighted by Gasteiger charge is -2.37. The Labute approximate surface area is 82.7 Å². The van der Waals surface area contributed by atoms with Gasteiger partial charge in [-0.15, -0.1) is 0 Å². The number of hydrogen-bond donors (Lipinski definition) is 0. The number of hydrogen-bond acceptors (Lipinski definition) is 0. The Morgan fingerprint density at radius 3 is 1.85 bits per heavy atom. The second-order valence-electron chi connectivity index (χ2n) is 5.28. The highest BCUT2D eigenvalue weighted by molar-refractivity contribution is 4.68. The first kappa shape index (κ1) is 9.51. The average molecular weight is 182 g/mol. The predicted octanol–water partition coefficient (Wildman–Crippen LogP) is 2.95. The molecule has 2 rings (SSSR count). The molecule has 1 aliphatic carbocycles. The van der Waals surface area contributed by atoms with Gasteiger partial charge in [0.25, 0.3) is 0 Å². The zero-order chi connectivity index (χ0) is 9.15. The van der Waals surface area contributed by atoms with Gasteiger partial charge in [-0.25, -0.2) is 0 Å². The van der Waals surface area contributed by atoms with Crippen LogP contribution in [0.1, 0.15) is 51.4 Å². The van der Waals surface area contributed by atoms with Gasteiger partial charge >= 0.3 is 0 Å². The number of likely N-dealkylation sites (tertiary alicyclic amines) is 1. The van der Waals surface area contributed by atoms with E-state index in [9.17, 15) is 0 Å². The van der Waals surface area contributed by atoms with Crippen molar-refractivity contribution in [3.8, 4) is 0 Å². The highest BCUT2D eigenvalue weighted by Gasteiger charge is 2.35. The number of quaternary nitrogens is 1. The summed E-state index contributed by atoms with van der Waals surface area (Å²) in [7, 11) is 2.50. The van der Waals surface area contributed by atoms with Crippen LogP contribution in [0.5, 0.6) is 0 Å². The van der Waals surface area contributed by atoms with E-state index in [1.807, 2.05) is 0 Å². The summed E-state index contributed by atoms with van der Waals surface area (Å²) >= 11 is 0. The quantitative estimate of drug-likeness (QED) is 0.432. The van der Waals surface area contributed by atoms with Gasteiger partial charge < -0.3 is 4.48 Å². The van der Waals surface area contributed by atoms with Crippen LogP contribution in [-0.4, -0.2) is 30.7 Å². The summed E-state index contributed by atoms with van der Waals surface area (Å²) in [6.45, 7) is 2.93. The molecule has 1 nitrogen and oxygen atoms in total. The molecular formula is C12H24N+. The van der Waals surface area contributed by atoms with Crippen LogP contribution in [0.25, 0.3) is 0 Å². The molecule has 0 bridgehead atoms. The Balaban J connectivity index is 1.96. The molecular weight excluding hydrogens is 158 g/mol. The molecule has 1 heteroatoms. The number of nitrogens with zero attached hydrogens (tertiary/aromatic N) is 1. The molecule has 1 saturated heterocycles. The van der Waals surface area contributed by atoms with Gasteiger partial charge in [0.1, 0.15) is 0 Å². The Kier molecular flexibility index (Phi) is 2.92. The van der Waals surface area contributed by atoms with Gasteiger partial charge in [-0.1, -0.05) is 12.8 Å². The minimum Gasteiger partial charge on any atom is -0.324 e. The fourth-order valence-corrected chi connectivity index (χ4v) is 3.30. The molecule has 0 aromatic rings. The summed E-state index contributed by atoms with van der Waals surface area (Å²) in [4.78, 5) is 0. The summed E-state index contributed by atoms with van der Waals surface area (Å²) in [5.74, 6) is 0. The molecule has 0 radical (unpaired) electrons. The Morgan fingerprint density at radius 2 is 1.31 bits per heavy atom. The Hall–Kier alpha value is -0.0400. The molecule has 1 saturated carbocycles. The van der Waals surface area contributed by atoms with Crippen LogP contribution in [0, 0.1) is 0 Å². The van der Waals surface area contributed by atoms with E-state index in [1.54, 1.807) is 0 Å². The molecule has 0 aromatic heterocycles. The smallest absolute Gasteiger partial charge is 0.0888 e. The molecule has 0 N–H and O–H groups in total. The van der Waals surface area contributed by atoms with E-state index in [0.29, 0.717) is 0 Å². The summed E-state index contributed by atoms with van der Waals surface area (Å²) in [5.41, 5.74) is 0. The predicted molar refractivity (Wildman–Crippen MR) is 56.6 cm³/mol. The minimum atomic E-state index is 1.02. The van der Waals surface area contributed by atoms with Gasteiger partial charge in [-0.2, -0.15) is 0 Å². The van der Waals surface area contributed by atoms with Crippen LogP contribution in [0.15, 0.2) is 0 Å². The molecule has 1 aliphatic heterocycles. The van der Waals surface area contributed by atoms with Crippen molar-refractivity contribution in [1.82, 2.24) is 0 Å². The van der Waals surface area contributed by atoms with Crippen molar-refractivity contribution in [1.29, 1.82) is 0 Å². The van der Waals surface area contributed by atoms with Crippen LogP contribution < -0.4 is 0 Å². The van der Waals surface area contributed by atoms with E-state index in [1.165, 1.54) is 68.9 Å². The van der Waals surface area contributed by atoms with Gasteiger partial charge in [-0.05, 0) is 25.7 Å². The second kappa shape index (κ2) is 4.00. The lowest BCUT2D eigenvalue weighted by Crippen LogP contribution is -2.49. The summed E-state index contributed by atoms with van der Waals surface area (Å²) in [5, 5.41) is 0. The van der Waals surface area contributed by atoms with Crippen molar-refractivity contribution in [3.05, 3.63) is 0 Å². The first-order valence-electron chi connectivity index (χ1n) is 6.15. The maximum absolute atomic E-state index is 2.50. The zero-order valence-corrected chi connectivity index (χ0v) is 9.10. The largest absolute Gasteiger partial charge is 0.324 e. The van der Waals surface area contributed by atoms with E-state index < -0.39 is 0 Å². The Morgan fingerprint density at radius 1 is 0.769 bits per heavy atom. The topological polar surface area (TPSA) is 0 Å². The van der Waals surface area contributed by atoms with E-state index in [4.69, 9.17) is 0 Å². The molecule has 0 atom stereocenters. The first-order chi connectivity index (χ1) is 6.31.